The zero-order valence-electron chi connectivity index (χ0n) is 15.9. The number of thiazole rings is 1. The number of carbonyl (C=O) groups is 2. The summed E-state index contributed by atoms with van der Waals surface area (Å²) in [5.74, 6) is -0.191. The first kappa shape index (κ1) is 19.7. The first-order chi connectivity index (χ1) is 11.7. The van der Waals surface area contributed by atoms with Crippen molar-refractivity contribution in [1.82, 2.24) is 15.2 Å². The predicted molar refractivity (Wildman–Crippen MR) is 102 cm³/mol. The van der Waals surface area contributed by atoms with Crippen LogP contribution in [0.25, 0.3) is 0 Å². The predicted octanol–water partition coefficient (Wildman–Crippen LogP) is 3.84. The van der Waals surface area contributed by atoms with E-state index >= 15 is 0 Å². The monoisotopic (exact) mass is 366 g/mol. The topological polar surface area (TPSA) is 74.3 Å². The summed E-state index contributed by atoms with van der Waals surface area (Å²) in [6, 6.07) is -0.0392. The van der Waals surface area contributed by atoms with Gasteiger partial charge in [-0.3, -0.25) is 4.79 Å². The normalized spacial score (nSPS) is 15.7. The molecule has 2 rings (SSSR count). The van der Waals surface area contributed by atoms with Gasteiger partial charge < -0.3 is 15.5 Å². The van der Waals surface area contributed by atoms with Crippen LogP contribution >= 0.6 is 11.3 Å². The van der Waals surface area contributed by atoms with Crippen LogP contribution in [0.5, 0.6) is 0 Å². The number of hydrogen-bond acceptors (Lipinski definition) is 4. The molecule has 140 valence electrons. The largest absolute Gasteiger partial charge is 0.333 e. The van der Waals surface area contributed by atoms with Crippen LogP contribution in [0.2, 0.25) is 0 Å². The van der Waals surface area contributed by atoms with Crippen molar-refractivity contribution >= 4 is 28.4 Å². The summed E-state index contributed by atoms with van der Waals surface area (Å²) in [7, 11) is 0. The second-order valence-electron chi connectivity index (χ2n) is 7.81. The highest BCUT2D eigenvalue weighted by Crippen LogP contribution is 2.24. The van der Waals surface area contributed by atoms with Crippen LogP contribution in [0.15, 0.2) is 0 Å². The minimum atomic E-state index is -0.329. The molecule has 0 spiro atoms. The van der Waals surface area contributed by atoms with E-state index in [1.54, 1.807) is 4.90 Å². The number of urea groups is 1. The molecule has 0 bridgehead atoms. The van der Waals surface area contributed by atoms with E-state index in [0.717, 1.165) is 36.3 Å². The third-order valence-corrected chi connectivity index (χ3v) is 5.34. The first-order valence-electron chi connectivity index (χ1n) is 8.98. The maximum atomic E-state index is 12.7. The Labute approximate surface area is 154 Å². The Morgan fingerprint density at radius 2 is 1.84 bits per heavy atom. The maximum Gasteiger partial charge on any atom is 0.318 e. The van der Waals surface area contributed by atoms with Gasteiger partial charge in [-0.1, -0.05) is 19.3 Å². The van der Waals surface area contributed by atoms with Gasteiger partial charge in [-0.25, -0.2) is 9.78 Å². The third-order valence-electron chi connectivity index (χ3n) is 4.35. The Balaban J connectivity index is 2.05. The summed E-state index contributed by atoms with van der Waals surface area (Å²) in [5.41, 5.74) is 0.596. The molecule has 0 atom stereocenters. The molecule has 1 aliphatic carbocycles. The van der Waals surface area contributed by atoms with E-state index in [9.17, 15) is 9.59 Å². The highest BCUT2D eigenvalue weighted by Gasteiger charge is 2.29. The fourth-order valence-electron chi connectivity index (χ4n) is 2.99. The molecule has 1 heterocycles. The van der Waals surface area contributed by atoms with E-state index in [-0.39, 0.29) is 30.1 Å². The van der Waals surface area contributed by atoms with E-state index in [0.29, 0.717) is 5.13 Å². The number of hydrogen-bond donors (Lipinski definition) is 2. The zero-order chi connectivity index (χ0) is 18.6. The van der Waals surface area contributed by atoms with Gasteiger partial charge in [-0.05, 0) is 47.5 Å². The standard InChI is InChI=1S/C18H30N4O2S/c1-12-13(2)25-16(19-12)20-15(23)11-22(14-9-7-6-8-10-14)17(24)21-18(3,4)5/h14H,6-11H2,1-5H3,(H,21,24)(H,19,20,23). The van der Waals surface area contributed by atoms with Crippen LogP contribution in [0.1, 0.15) is 63.4 Å². The number of aromatic nitrogens is 1. The second kappa shape index (κ2) is 8.17. The molecule has 3 amide bonds. The average molecular weight is 367 g/mol. The Bertz CT molecular complexity index is 596. The number of aryl methyl sites for hydroxylation is 2. The molecular formula is C18H30N4O2S. The Kier molecular flexibility index (Phi) is 6.43. The van der Waals surface area contributed by atoms with E-state index in [1.165, 1.54) is 17.8 Å². The van der Waals surface area contributed by atoms with Gasteiger partial charge in [0.2, 0.25) is 5.91 Å². The number of nitrogens with zero attached hydrogens (tertiary/aromatic N) is 2. The van der Waals surface area contributed by atoms with Crippen molar-refractivity contribution < 1.29 is 9.59 Å². The van der Waals surface area contributed by atoms with Gasteiger partial charge in [0.25, 0.3) is 0 Å². The van der Waals surface area contributed by atoms with Gasteiger partial charge in [-0.2, -0.15) is 0 Å². The molecule has 1 saturated carbocycles. The SMILES string of the molecule is Cc1nc(NC(=O)CN(C(=O)NC(C)(C)C)C2CCCCC2)sc1C. The fourth-order valence-corrected chi connectivity index (χ4v) is 3.82. The lowest BCUT2D eigenvalue weighted by molar-refractivity contribution is -0.117. The molecule has 1 aromatic heterocycles. The summed E-state index contributed by atoms with van der Waals surface area (Å²) >= 11 is 1.46. The molecule has 6 nitrogen and oxygen atoms in total. The van der Waals surface area contributed by atoms with E-state index in [1.807, 2.05) is 34.6 Å². The summed E-state index contributed by atoms with van der Waals surface area (Å²) < 4.78 is 0. The van der Waals surface area contributed by atoms with Crippen LogP contribution in [0.3, 0.4) is 0 Å². The van der Waals surface area contributed by atoms with Gasteiger partial charge >= 0.3 is 6.03 Å². The molecule has 25 heavy (non-hydrogen) atoms. The van der Waals surface area contributed by atoms with Crippen LogP contribution in [-0.4, -0.2) is 39.9 Å². The number of nitrogens with one attached hydrogen (secondary N) is 2. The maximum absolute atomic E-state index is 12.7. The summed E-state index contributed by atoms with van der Waals surface area (Å²) in [6.07, 6.45) is 5.34. The second-order valence-corrected chi connectivity index (χ2v) is 9.01. The molecule has 0 aliphatic heterocycles. The number of amides is 3. The molecule has 0 radical (unpaired) electrons. The van der Waals surface area contributed by atoms with Crippen molar-refractivity contribution in [2.75, 3.05) is 11.9 Å². The molecule has 0 unspecified atom stereocenters. The van der Waals surface area contributed by atoms with Crippen molar-refractivity contribution in [2.24, 2.45) is 0 Å². The minimum absolute atomic E-state index is 0.0598. The Morgan fingerprint density at radius 1 is 1.20 bits per heavy atom. The van der Waals surface area contributed by atoms with E-state index in [4.69, 9.17) is 0 Å². The molecule has 2 N–H and O–H groups in total. The van der Waals surface area contributed by atoms with Gasteiger partial charge in [0.15, 0.2) is 5.13 Å². The Morgan fingerprint density at radius 3 is 2.36 bits per heavy atom. The first-order valence-corrected chi connectivity index (χ1v) is 9.80. The van der Waals surface area contributed by atoms with Crippen LogP contribution < -0.4 is 10.6 Å². The lowest BCUT2D eigenvalue weighted by atomic mass is 9.94. The molecule has 1 aromatic rings. The Hall–Kier alpha value is -1.63. The summed E-state index contributed by atoms with van der Waals surface area (Å²) in [4.78, 5) is 32.3. The van der Waals surface area contributed by atoms with Crippen molar-refractivity contribution in [3.8, 4) is 0 Å². The van der Waals surface area contributed by atoms with Crippen molar-refractivity contribution in [3.63, 3.8) is 0 Å². The number of rotatable bonds is 4. The summed E-state index contributed by atoms with van der Waals surface area (Å²) in [5, 5.41) is 6.43. The van der Waals surface area contributed by atoms with Crippen LogP contribution in [0.4, 0.5) is 9.93 Å². The van der Waals surface area contributed by atoms with Crippen LogP contribution in [-0.2, 0) is 4.79 Å². The lowest BCUT2D eigenvalue weighted by Crippen LogP contribution is -2.54. The van der Waals surface area contributed by atoms with Crippen LogP contribution in [0, 0.1) is 13.8 Å². The average Bonchev–Trinajstić information content (AvgIpc) is 2.81. The van der Waals surface area contributed by atoms with E-state index < -0.39 is 0 Å². The molecule has 1 aliphatic rings. The molecule has 0 aromatic carbocycles. The molecule has 7 heteroatoms. The minimum Gasteiger partial charge on any atom is -0.333 e. The zero-order valence-corrected chi connectivity index (χ0v) is 16.8. The van der Waals surface area contributed by atoms with Gasteiger partial charge in [0.05, 0.1) is 5.69 Å². The van der Waals surface area contributed by atoms with Crippen molar-refractivity contribution in [1.29, 1.82) is 0 Å². The van der Waals surface area contributed by atoms with Gasteiger partial charge in [0, 0.05) is 16.5 Å². The molecule has 1 fully saturated rings. The quantitative estimate of drug-likeness (QED) is 0.850. The highest BCUT2D eigenvalue weighted by molar-refractivity contribution is 7.15. The lowest BCUT2D eigenvalue weighted by Gasteiger charge is -2.36. The smallest absolute Gasteiger partial charge is 0.318 e. The van der Waals surface area contributed by atoms with Crippen molar-refractivity contribution in [2.45, 2.75) is 78.3 Å². The summed E-state index contributed by atoms with van der Waals surface area (Å²) in [6.45, 7) is 9.81. The number of carbonyl (C=O) groups excluding carboxylic acids is 2. The van der Waals surface area contributed by atoms with Gasteiger partial charge in [-0.15, -0.1) is 11.3 Å². The fraction of sp³-hybridized carbons (Fsp3) is 0.722. The molecular weight excluding hydrogens is 336 g/mol. The van der Waals surface area contributed by atoms with E-state index in [2.05, 4.69) is 15.6 Å². The highest BCUT2D eigenvalue weighted by atomic mass is 32.1. The molecule has 0 saturated heterocycles. The third kappa shape index (κ3) is 5.99. The van der Waals surface area contributed by atoms with Crippen molar-refractivity contribution in [3.05, 3.63) is 10.6 Å². The van der Waals surface area contributed by atoms with Gasteiger partial charge in [0.1, 0.15) is 6.54 Å². The number of anilines is 1.